The third-order valence-corrected chi connectivity index (χ3v) is 5.04. The largest absolute Gasteiger partial charge is 0.393 e. The van der Waals surface area contributed by atoms with Gasteiger partial charge in [-0.15, -0.1) is 11.3 Å². The van der Waals surface area contributed by atoms with Crippen LogP contribution in [0.4, 0.5) is 0 Å². The van der Waals surface area contributed by atoms with Crippen LogP contribution in [0.15, 0.2) is 17.5 Å². The Balaban J connectivity index is 1.83. The van der Waals surface area contributed by atoms with Crippen LogP contribution in [-0.4, -0.2) is 47.6 Å². The molecule has 0 bridgehead atoms. The summed E-state index contributed by atoms with van der Waals surface area (Å²) in [6.45, 7) is 5.55. The van der Waals surface area contributed by atoms with Crippen LogP contribution in [0.2, 0.25) is 0 Å². The van der Waals surface area contributed by atoms with Crippen LogP contribution in [-0.2, 0) is 4.79 Å². The van der Waals surface area contributed by atoms with Crippen molar-refractivity contribution in [1.82, 2.24) is 10.2 Å². The maximum absolute atomic E-state index is 12.4. The number of likely N-dealkylation sites (tertiary alicyclic amines) is 1. The quantitative estimate of drug-likeness (QED) is 0.835. The molecular weight excluding hydrogens is 312 g/mol. The number of carbonyl (C=O) groups excluding carboxylic acids is 2. The second-order valence-electron chi connectivity index (χ2n) is 6.50. The van der Waals surface area contributed by atoms with Crippen LogP contribution in [0.3, 0.4) is 0 Å². The van der Waals surface area contributed by atoms with E-state index in [0.29, 0.717) is 19.5 Å². The van der Waals surface area contributed by atoms with Crippen molar-refractivity contribution >= 4 is 23.2 Å². The number of hydrogen-bond acceptors (Lipinski definition) is 4. The summed E-state index contributed by atoms with van der Waals surface area (Å²) >= 11 is 1.44. The second kappa shape index (κ2) is 8.45. The van der Waals surface area contributed by atoms with Gasteiger partial charge in [0.05, 0.1) is 16.9 Å². The number of rotatable bonds is 6. The summed E-state index contributed by atoms with van der Waals surface area (Å²) in [5, 5.41) is 14.2. The molecule has 23 heavy (non-hydrogen) atoms. The molecule has 1 aliphatic rings. The SMILES string of the molecule is CC(O)CC(C)CNC(=O)C1CCCN(C(=O)c2cccs2)C1. The van der Waals surface area contributed by atoms with Gasteiger partial charge in [0, 0.05) is 19.6 Å². The highest BCUT2D eigenvalue weighted by molar-refractivity contribution is 7.12. The van der Waals surface area contributed by atoms with E-state index >= 15 is 0 Å². The Hall–Kier alpha value is -1.40. The monoisotopic (exact) mass is 338 g/mol. The molecule has 6 heteroatoms. The van der Waals surface area contributed by atoms with E-state index < -0.39 is 0 Å². The van der Waals surface area contributed by atoms with Gasteiger partial charge < -0.3 is 15.3 Å². The van der Waals surface area contributed by atoms with Gasteiger partial charge in [0.25, 0.3) is 5.91 Å². The summed E-state index contributed by atoms with van der Waals surface area (Å²) < 4.78 is 0. The molecule has 2 rings (SSSR count). The average molecular weight is 338 g/mol. The molecule has 3 unspecified atom stereocenters. The molecule has 2 amide bonds. The fraction of sp³-hybridized carbons (Fsp3) is 0.647. The van der Waals surface area contributed by atoms with Gasteiger partial charge in [-0.1, -0.05) is 13.0 Å². The zero-order valence-corrected chi connectivity index (χ0v) is 14.6. The van der Waals surface area contributed by atoms with E-state index in [1.54, 1.807) is 11.8 Å². The molecule has 0 radical (unpaired) electrons. The van der Waals surface area contributed by atoms with Gasteiger partial charge in [0.1, 0.15) is 0 Å². The lowest BCUT2D eigenvalue weighted by atomic mass is 9.96. The van der Waals surface area contributed by atoms with Gasteiger partial charge in [0.2, 0.25) is 5.91 Å². The molecule has 0 aromatic carbocycles. The van der Waals surface area contributed by atoms with Crippen molar-refractivity contribution in [1.29, 1.82) is 0 Å². The van der Waals surface area contributed by atoms with Crippen LogP contribution >= 0.6 is 11.3 Å². The number of hydrogen-bond donors (Lipinski definition) is 2. The Bertz CT molecular complexity index is 516. The Morgan fingerprint density at radius 1 is 1.48 bits per heavy atom. The number of carbonyl (C=O) groups is 2. The first kappa shape index (κ1) is 17.9. The predicted molar refractivity (Wildman–Crippen MR) is 91.4 cm³/mol. The van der Waals surface area contributed by atoms with Gasteiger partial charge in [-0.2, -0.15) is 0 Å². The smallest absolute Gasteiger partial charge is 0.263 e. The molecule has 5 nitrogen and oxygen atoms in total. The fourth-order valence-electron chi connectivity index (χ4n) is 3.02. The first-order valence-corrected chi connectivity index (χ1v) is 9.14. The van der Waals surface area contributed by atoms with Crippen LogP contribution in [0.5, 0.6) is 0 Å². The molecule has 1 fully saturated rings. The van der Waals surface area contributed by atoms with Gasteiger partial charge in [-0.05, 0) is 43.6 Å². The molecule has 3 atom stereocenters. The Morgan fingerprint density at radius 3 is 2.91 bits per heavy atom. The van der Waals surface area contributed by atoms with Gasteiger partial charge in [-0.3, -0.25) is 9.59 Å². The Morgan fingerprint density at radius 2 is 2.26 bits per heavy atom. The van der Waals surface area contributed by atoms with Crippen LogP contribution in [0.25, 0.3) is 0 Å². The molecule has 1 saturated heterocycles. The molecule has 0 aliphatic carbocycles. The van der Waals surface area contributed by atoms with Crippen molar-refractivity contribution in [3.8, 4) is 0 Å². The minimum absolute atomic E-state index is 0.0196. The molecule has 128 valence electrons. The summed E-state index contributed by atoms with van der Waals surface area (Å²) in [7, 11) is 0. The maximum atomic E-state index is 12.4. The molecule has 1 aromatic heterocycles. The number of aliphatic hydroxyl groups is 1. The number of aliphatic hydroxyl groups excluding tert-OH is 1. The molecule has 0 spiro atoms. The van der Waals surface area contributed by atoms with E-state index in [9.17, 15) is 14.7 Å². The molecule has 2 N–H and O–H groups in total. The van der Waals surface area contributed by atoms with Crippen molar-refractivity contribution in [2.45, 2.75) is 39.2 Å². The topological polar surface area (TPSA) is 69.6 Å². The zero-order chi connectivity index (χ0) is 16.8. The number of thiophene rings is 1. The summed E-state index contributed by atoms with van der Waals surface area (Å²) in [4.78, 5) is 27.3. The van der Waals surface area contributed by atoms with Crippen LogP contribution in [0, 0.1) is 11.8 Å². The number of nitrogens with zero attached hydrogens (tertiary/aromatic N) is 1. The van der Waals surface area contributed by atoms with Gasteiger partial charge in [-0.25, -0.2) is 0 Å². The van der Waals surface area contributed by atoms with Crippen molar-refractivity contribution < 1.29 is 14.7 Å². The number of nitrogens with one attached hydrogen (secondary N) is 1. The number of piperidine rings is 1. The van der Waals surface area contributed by atoms with Crippen molar-refractivity contribution in [3.05, 3.63) is 22.4 Å². The summed E-state index contributed by atoms with van der Waals surface area (Å²) in [6.07, 6.45) is 2.01. The maximum Gasteiger partial charge on any atom is 0.263 e. The zero-order valence-electron chi connectivity index (χ0n) is 13.8. The fourth-order valence-corrected chi connectivity index (χ4v) is 3.71. The van der Waals surface area contributed by atoms with E-state index in [2.05, 4.69) is 5.32 Å². The van der Waals surface area contributed by atoms with E-state index in [-0.39, 0.29) is 29.8 Å². The van der Waals surface area contributed by atoms with E-state index in [1.807, 2.05) is 24.4 Å². The highest BCUT2D eigenvalue weighted by Gasteiger charge is 2.29. The predicted octanol–water partition coefficient (Wildman–Crippen LogP) is 2.12. The lowest BCUT2D eigenvalue weighted by Crippen LogP contribution is -2.46. The third-order valence-electron chi connectivity index (χ3n) is 4.18. The minimum Gasteiger partial charge on any atom is -0.393 e. The third kappa shape index (κ3) is 5.32. The summed E-state index contributed by atoms with van der Waals surface area (Å²) in [5.74, 6) is 0.156. The molecule has 0 saturated carbocycles. The summed E-state index contributed by atoms with van der Waals surface area (Å²) in [6, 6.07) is 3.70. The van der Waals surface area contributed by atoms with E-state index in [1.165, 1.54) is 11.3 Å². The van der Waals surface area contributed by atoms with E-state index in [0.717, 1.165) is 24.3 Å². The summed E-state index contributed by atoms with van der Waals surface area (Å²) in [5.41, 5.74) is 0. The van der Waals surface area contributed by atoms with Gasteiger partial charge >= 0.3 is 0 Å². The minimum atomic E-state index is -0.351. The molecule has 1 aliphatic heterocycles. The first-order valence-electron chi connectivity index (χ1n) is 8.26. The highest BCUT2D eigenvalue weighted by Crippen LogP contribution is 2.20. The molecule has 2 heterocycles. The van der Waals surface area contributed by atoms with Crippen molar-refractivity contribution in [3.63, 3.8) is 0 Å². The average Bonchev–Trinajstić information content (AvgIpc) is 3.05. The van der Waals surface area contributed by atoms with Crippen molar-refractivity contribution in [2.24, 2.45) is 11.8 Å². The van der Waals surface area contributed by atoms with Crippen LogP contribution < -0.4 is 5.32 Å². The standard InChI is InChI=1S/C17H26N2O3S/c1-12(9-13(2)20)10-18-16(21)14-5-3-7-19(11-14)17(22)15-6-4-8-23-15/h4,6,8,12-14,20H,3,5,7,9-11H2,1-2H3,(H,18,21). The van der Waals surface area contributed by atoms with Crippen LogP contribution in [0.1, 0.15) is 42.8 Å². The lowest BCUT2D eigenvalue weighted by Gasteiger charge is -2.32. The van der Waals surface area contributed by atoms with Gasteiger partial charge in [0.15, 0.2) is 0 Å². The lowest BCUT2D eigenvalue weighted by molar-refractivity contribution is -0.126. The molecular formula is C17H26N2O3S. The number of amides is 2. The normalized spacial score (nSPS) is 20.8. The highest BCUT2D eigenvalue weighted by atomic mass is 32.1. The molecule has 1 aromatic rings. The second-order valence-corrected chi connectivity index (χ2v) is 7.45. The Kier molecular flexibility index (Phi) is 6.59. The Labute approximate surface area is 141 Å². The van der Waals surface area contributed by atoms with E-state index in [4.69, 9.17) is 0 Å². The first-order chi connectivity index (χ1) is 11.0. The van der Waals surface area contributed by atoms with Crippen molar-refractivity contribution in [2.75, 3.05) is 19.6 Å².